The van der Waals surface area contributed by atoms with E-state index in [0.717, 1.165) is 18.4 Å². The molecule has 1 aliphatic carbocycles. The molecule has 2 unspecified atom stereocenters. The summed E-state index contributed by atoms with van der Waals surface area (Å²) in [5, 5.41) is 16.4. The van der Waals surface area contributed by atoms with Crippen LogP contribution in [0, 0.1) is 5.92 Å². The molecule has 1 saturated heterocycles. The molecule has 2 fully saturated rings. The number of unbranched alkanes of at least 4 members (excludes halogenated alkanes) is 2. The molecule has 36 heavy (non-hydrogen) atoms. The number of rotatable bonds is 14. The van der Waals surface area contributed by atoms with Crippen LogP contribution in [0.1, 0.15) is 57.3 Å². The number of hydrogen-bond acceptors (Lipinski definition) is 9. The van der Waals surface area contributed by atoms with Gasteiger partial charge in [-0.05, 0) is 38.0 Å². The Morgan fingerprint density at radius 1 is 1.28 bits per heavy atom. The topological polar surface area (TPSA) is 152 Å². The predicted octanol–water partition coefficient (Wildman–Crippen LogP) is 0.914. The number of aliphatic hydroxyl groups is 1. The molecule has 4 rings (SSSR count). The highest BCUT2D eigenvalue weighted by Gasteiger charge is 2.27. The Balaban J connectivity index is 1.36. The molecule has 12 nitrogen and oxygen atoms in total. The lowest BCUT2D eigenvalue weighted by Crippen LogP contribution is -2.36. The Morgan fingerprint density at radius 2 is 2.08 bits per heavy atom. The third-order valence-corrected chi connectivity index (χ3v) is 7.74. The first-order valence-corrected chi connectivity index (χ1v) is 14.1. The number of carbonyl (C=O) groups is 1. The van der Waals surface area contributed by atoms with Gasteiger partial charge in [0, 0.05) is 31.4 Å². The van der Waals surface area contributed by atoms with Crippen molar-refractivity contribution in [3.05, 3.63) is 24.3 Å². The summed E-state index contributed by atoms with van der Waals surface area (Å²) in [5.74, 6) is 1.11. The minimum absolute atomic E-state index is 0.0312. The first-order chi connectivity index (χ1) is 17.2. The van der Waals surface area contributed by atoms with E-state index in [1.54, 1.807) is 21.8 Å². The van der Waals surface area contributed by atoms with E-state index in [9.17, 15) is 18.3 Å². The van der Waals surface area contributed by atoms with Gasteiger partial charge < -0.3 is 15.2 Å². The zero-order valence-corrected chi connectivity index (χ0v) is 21.6. The van der Waals surface area contributed by atoms with Gasteiger partial charge in [0.05, 0.1) is 36.8 Å². The van der Waals surface area contributed by atoms with Gasteiger partial charge in [-0.1, -0.05) is 13.3 Å². The molecule has 2 aromatic heterocycles. The first kappa shape index (κ1) is 26.5. The Hall–Kier alpha value is -2.61. The number of nitrogens with one attached hydrogen (secondary N) is 2. The quantitative estimate of drug-likeness (QED) is 0.308. The summed E-state index contributed by atoms with van der Waals surface area (Å²) in [6, 6.07) is 1.18. The van der Waals surface area contributed by atoms with Crippen molar-refractivity contribution in [2.45, 2.75) is 57.8 Å². The molecule has 0 bridgehead atoms. The number of sulfonamides is 1. The van der Waals surface area contributed by atoms with Crippen molar-refractivity contribution in [1.82, 2.24) is 34.7 Å². The standard InChI is InChI=1S/C23H35N7O5S/c1-3-18(28-36(33,34)10-6-4-5-9-30-14-20(31)26-23(30)32)22-25-19(17-12-24-29(2)13-17)11-21(27-22)35-15-16-7-8-16/h11-13,16,18,23,28,32H,3-10,14-15H2,1-2H3,(H,26,31). The number of amides is 1. The lowest BCUT2D eigenvalue weighted by molar-refractivity contribution is -0.119. The lowest BCUT2D eigenvalue weighted by Gasteiger charge is -2.18. The molecule has 2 aromatic rings. The van der Waals surface area contributed by atoms with E-state index in [1.165, 1.54) is 0 Å². The maximum atomic E-state index is 12.8. The number of hydrogen-bond donors (Lipinski definition) is 3. The maximum absolute atomic E-state index is 12.8. The highest BCUT2D eigenvalue weighted by Crippen LogP contribution is 2.30. The second-order valence-electron chi connectivity index (χ2n) is 9.48. The average molecular weight is 522 g/mol. The van der Waals surface area contributed by atoms with Gasteiger partial charge in [0.15, 0.2) is 12.2 Å². The van der Waals surface area contributed by atoms with E-state index >= 15 is 0 Å². The van der Waals surface area contributed by atoms with Crippen molar-refractivity contribution in [2.24, 2.45) is 13.0 Å². The van der Waals surface area contributed by atoms with Gasteiger partial charge in [-0.3, -0.25) is 14.4 Å². The zero-order chi connectivity index (χ0) is 25.7. The van der Waals surface area contributed by atoms with Crippen LogP contribution in [-0.4, -0.2) is 75.9 Å². The average Bonchev–Trinajstić information content (AvgIpc) is 3.48. The van der Waals surface area contributed by atoms with Crippen LogP contribution in [0.3, 0.4) is 0 Å². The summed E-state index contributed by atoms with van der Waals surface area (Å²) >= 11 is 0. The first-order valence-electron chi connectivity index (χ1n) is 12.4. The summed E-state index contributed by atoms with van der Waals surface area (Å²) in [7, 11) is -1.76. The Kier molecular flexibility index (Phi) is 8.54. The van der Waals surface area contributed by atoms with Crippen LogP contribution in [0.5, 0.6) is 5.88 Å². The van der Waals surface area contributed by atoms with Crippen LogP contribution < -0.4 is 14.8 Å². The van der Waals surface area contributed by atoms with E-state index in [1.807, 2.05) is 20.2 Å². The van der Waals surface area contributed by atoms with Crippen LogP contribution in [-0.2, 0) is 21.9 Å². The van der Waals surface area contributed by atoms with Crippen molar-refractivity contribution >= 4 is 15.9 Å². The van der Waals surface area contributed by atoms with Gasteiger partial charge in [-0.15, -0.1) is 0 Å². The molecular weight excluding hydrogens is 486 g/mol. The number of aryl methyl sites for hydroxylation is 1. The summed E-state index contributed by atoms with van der Waals surface area (Å²) in [4.78, 5) is 22.1. The number of carbonyl (C=O) groups excluding carboxylic acids is 1. The molecule has 1 aliphatic heterocycles. The zero-order valence-electron chi connectivity index (χ0n) is 20.8. The largest absolute Gasteiger partial charge is 0.477 e. The van der Waals surface area contributed by atoms with E-state index in [0.29, 0.717) is 62.2 Å². The molecule has 2 atom stereocenters. The van der Waals surface area contributed by atoms with E-state index in [2.05, 4.69) is 25.1 Å². The van der Waals surface area contributed by atoms with Crippen LogP contribution in [0.2, 0.25) is 0 Å². The fraction of sp³-hybridized carbons (Fsp3) is 0.652. The predicted molar refractivity (Wildman–Crippen MR) is 132 cm³/mol. The number of nitrogens with zero attached hydrogens (tertiary/aromatic N) is 5. The molecule has 2 aliphatic rings. The molecule has 0 radical (unpaired) electrons. The molecule has 3 heterocycles. The summed E-state index contributed by atoms with van der Waals surface area (Å²) in [6.45, 7) is 3.14. The molecule has 1 saturated carbocycles. The van der Waals surface area contributed by atoms with Crippen LogP contribution in [0.4, 0.5) is 0 Å². The smallest absolute Gasteiger partial charge is 0.237 e. The molecule has 0 aromatic carbocycles. The molecule has 3 N–H and O–H groups in total. The van der Waals surface area contributed by atoms with Gasteiger partial charge in [-0.25, -0.2) is 18.1 Å². The monoisotopic (exact) mass is 521 g/mol. The van der Waals surface area contributed by atoms with Gasteiger partial charge in [0.1, 0.15) is 0 Å². The van der Waals surface area contributed by atoms with E-state index < -0.39 is 22.4 Å². The fourth-order valence-corrected chi connectivity index (χ4v) is 5.40. The van der Waals surface area contributed by atoms with Crippen LogP contribution in [0.15, 0.2) is 18.5 Å². The summed E-state index contributed by atoms with van der Waals surface area (Å²) < 4.78 is 36.0. The number of ether oxygens (including phenoxy) is 1. The number of aliphatic hydroxyl groups excluding tert-OH is 1. The second kappa shape index (κ2) is 11.6. The van der Waals surface area contributed by atoms with Crippen LogP contribution in [0.25, 0.3) is 11.3 Å². The molecule has 13 heteroatoms. The van der Waals surface area contributed by atoms with Crippen molar-refractivity contribution in [3.63, 3.8) is 0 Å². The Bertz CT molecular complexity index is 1150. The SMILES string of the molecule is CCC(NS(=O)(=O)CCCCCN1CC(=O)NC1O)c1nc(OCC2CC2)cc(-c2cnn(C)c2)n1. The highest BCUT2D eigenvalue weighted by atomic mass is 32.2. The lowest BCUT2D eigenvalue weighted by atomic mass is 10.2. The summed E-state index contributed by atoms with van der Waals surface area (Å²) in [6.07, 6.45) is 7.15. The van der Waals surface area contributed by atoms with E-state index in [-0.39, 0.29) is 18.2 Å². The van der Waals surface area contributed by atoms with Gasteiger partial charge in [0.2, 0.25) is 21.8 Å². The molecule has 1 amide bonds. The summed E-state index contributed by atoms with van der Waals surface area (Å²) in [5.41, 5.74) is 1.43. The minimum atomic E-state index is -3.58. The fourth-order valence-electron chi connectivity index (χ4n) is 3.99. The third kappa shape index (κ3) is 7.45. The van der Waals surface area contributed by atoms with Gasteiger partial charge in [0.25, 0.3) is 0 Å². The normalized spacial score (nSPS) is 19.4. The van der Waals surface area contributed by atoms with Gasteiger partial charge >= 0.3 is 0 Å². The van der Waals surface area contributed by atoms with Crippen molar-refractivity contribution in [2.75, 3.05) is 25.4 Å². The van der Waals surface area contributed by atoms with Crippen molar-refractivity contribution in [3.8, 4) is 17.1 Å². The molecule has 198 valence electrons. The van der Waals surface area contributed by atoms with Gasteiger partial charge in [-0.2, -0.15) is 10.1 Å². The number of aromatic nitrogens is 4. The molecular formula is C23H35N7O5S. The van der Waals surface area contributed by atoms with Crippen LogP contribution >= 0.6 is 0 Å². The molecule has 0 spiro atoms. The Labute approximate surface area is 211 Å². The third-order valence-electron chi connectivity index (χ3n) is 6.27. The maximum Gasteiger partial charge on any atom is 0.237 e. The van der Waals surface area contributed by atoms with Crippen molar-refractivity contribution < 1.29 is 23.1 Å². The van der Waals surface area contributed by atoms with E-state index in [4.69, 9.17) is 4.74 Å². The second-order valence-corrected chi connectivity index (χ2v) is 11.4. The Morgan fingerprint density at radius 3 is 2.72 bits per heavy atom. The minimum Gasteiger partial charge on any atom is -0.477 e. The highest BCUT2D eigenvalue weighted by molar-refractivity contribution is 7.89. The van der Waals surface area contributed by atoms with Crippen molar-refractivity contribution in [1.29, 1.82) is 0 Å².